The third-order valence-electron chi connectivity index (χ3n) is 3.18. The van der Waals surface area contributed by atoms with Gasteiger partial charge >= 0.3 is 0 Å². The van der Waals surface area contributed by atoms with Crippen molar-refractivity contribution in [3.05, 3.63) is 29.6 Å². The standard InChI is InChI=1S/C13H18FNOS/c1-9(2)12-7-6-11(8-13(12)14)17(16,15-3)10-4-5-10/h6-10H,4-5H2,1-3H3. The highest BCUT2D eigenvalue weighted by Crippen LogP contribution is 2.36. The molecule has 0 amide bonds. The Labute approximate surface area is 102 Å². The van der Waals surface area contributed by atoms with Crippen molar-refractivity contribution in [3.8, 4) is 0 Å². The zero-order valence-electron chi connectivity index (χ0n) is 10.4. The van der Waals surface area contributed by atoms with Gasteiger partial charge in [-0.1, -0.05) is 19.9 Å². The molecule has 4 heteroatoms. The van der Waals surface area contributed by atoms with Crippen molar-refractivity contribution in [3.63, 3.8) is 0 Å². The maximum atomic E-state index is 13.9. The molecule has 0 aliphatic heterocycles. The Kier molecular flexibility index (Phi) is 3.25. The number of halogens is 1. The summed E-state index contributed by atoms with van der Waals surface area (Å²) in [6, 6.07) is 4.91. The predicted octanol–water partition coefficient (Wildman–Crippen LogP) is 3.57. The van der Waals surface area contributed by atoms with Crippen LogP contribution in [0.3, 0.4) is 0 Å². The summed E-state index contributed by atoms with van der Waals surface area (Å²) in [4.78, 5) is 0.546. The van der Waals surface area contributed by atoms with Gasteiger partial charge in [-0.15, -0.1) is 0 Å². The lowest BCUT2D eigenvalue weighted by molar-refractivity contribution is 0.593. The van der Waals surface area contributed by atoms with E-state index in [0.717, 1.165) is 12.8 Å². The Bertz CT molecular complexity index is 540. The van der Waals surface area contributed by atoms with Gasteiger partial charge in [-0.25, -0.2) is 13.0 Å². The van der Waals surface area contributed by atoms with Gasteiger partial charge in [0.25, 0.3) is 0 Å². The molecule has 0 spiro atoms. The lowest BCUT2D eigenvalue weighted by Gasteiger charge is -2.12. The second-order valence-corrected chi connectivity index (χ2v) is 7.43. The quantitative estimate of drug-likeness (QED) is 0.812. The van der Waals surface area contributed by atoms with Crippen LogP contribution in [0.1, 0.15) is 38.2 Å². The fraction of sp³-hybridized carbons (Fsp3) is 0.538. The fourth-order valence-electron chi connectivity index (χ4n) is 1.99. The van der Waals surface area contributed by atoms with Gasteiger partial charge in [0, 0.05) is 12.3 Å². The van der Waals surface area contributed by atoms with Crippen LogP contribution >= 0.6 is 0 Å². The van der Waals surface area contributed by atoms with E-state index in [1.54, 1.807) is 19.2 Å². The van der Waals surface area contributed by atoms with Crippen LogP contribution in [0.4, 0.5) is 4.39 Å². The van der Waals surface area contributed by atoms with Gasteiger partial charge in [0.2, 0.25) is 0 Å². The smallest absolute Gasteiger partial charge is 0.127 e. The van der Waals surface area contributed by atoms with E-state index in [2.05, 4.69) is 4.36 Å². The molecule has 94 valence electrons. The molecule has 1 atom stereocenters. The maximum Gasteiger partial charge on any atom is 0.127 e. The van der Waals surface area contributed by atoms with Crippen LogP contribution in [-0.2, 0) is 9.73 Å². The summed E-state index contributed by atoms with van der Waals surface area (Å²) >= 11 is 0. The van der Waals surface area contributed by atoms with Gasteiger partial charge in [0.05, 0.1) is 14.6 Å². The van der Waals surface area contributed by atoms with E-state index >= 15 is 0 Å². The average molecular weight is 255 g/mol. The molecule has 0 aromatic heterocycles. The van der Waals surface area contributed by atoms with Crippen LogP contribution in [0.25, 0.3) is 0 Å². The molecule has 17 heavy (non-hydrogen) atoms. The minimum absolute atomic E-state index is 0.122. The number of nitrogens with zero attached hydrogens (tertiary/aromatic N) is 1. The van der Waals surface area contributed by atoms with Gasteiger partial charge in [0.15, 0.2) is 0 Å². The molecule has 2 rings (SSSR count). The molecular formula is C13H18FNOS. The molecule has 0 radical (unpaired) electrons. The highest BCUT2D eigenvalue weighted by atomic mass is 32.2. The first-order chi connectivity index (χ1) is 7.99. The van der Waals surface area contributed by atoms with Crippen molar-refractivity contribution in [2.45, 2.75) is 42.8 Å². The van der Waals surface area contributed by atoms with Gasteiger partial charge < -0.3 is 0 Å². The van der Waals surface area contributed by atoms with Crippen molar-refractivity contribution >= 4 is 9.73 Å². The normalized spacial score (nSPS) is 19.1. The topological polar surface area (TPSA) is 29.4 Å². The molecule has 0 heterocycles. The van der Waals surface area contributed by atoms with E-state index in [-0.39, 0.29) is 17.0 Å². The lowest BCUT2D eigenvalue weighted by atomic mass is 10.0. The molecule has 1 aromatic rings. The summed E-state index contributed by atoms with van der Waals surface area (Å²) in [7, 11) is -0.827. The highest BCUT2D eigenvalue weighted by Gasteiger charge is 2.34. The van der Waals surface area contributed by atoms with Crippen molar-refractivity contribution in [2.24, 2.45) is 4.36 Å². The molecule has 1 aliphatic carbocycles. The molecular weight excluding hydrogens is 237 g/mol. The molecule has 1 saturated carbocycles. The first kappa shape index (κ1) is 12.6. The van der Waals surface area contributed by atoms with Gasteiger partial charge in [-0.05, 0) is 36.5 Å². The number of hydrogen-bond acceptors (Lipinski definition) is 2. The Hall–Kier alpha value is -0.900. The predicted molar refractivity (Wildman–Crippen MR) is 68.3 cm³/mol. The lowest BCUT2D eigenvalue weighted by Crippen LogP contribution is -2.08. The zero-order chi connectivity index (χ0) is 12.6. The minimum atomic E-state index is -2.39. The van der Waals surface area contributed by atoms with Gasteiger partial charge in [-0.2, -0.15) is 0 Å². The summed E-state index contributed by atoms with van der Waals surface area (Å²) in [5.74, 6) is -0.130. The van der Waals surface area contributed by atoms with E-state index in [0.29, 0.717) is 10.5 Å². The van der Waals surface area contributed by atoms with E-state index in [4.69, 9.17) is 0 Å². The van der Waals surface area contributed by atoms with Crippen molar-refractivity contribution < 1.29 is 8.60 Å². The van der Waals surface area contributed by atoms with E-state index in [9.17, 15) is 8.60 Å². The first-order valence-electron chi connectivity index (χ1n) is 5.92. The van der Waals surface area contributed by atoms with Gasteiger partial charge in [0.1, 0.15) is 5.82 Å². The summed E-state index contributed by atoms with van der Waals surface area (Å²) in [5.41, 5.74) is 0.669. The molecule has 2 nitrogen and oxygen atoms in total. The third-order valence-corrected chi connectivity index (χ3v) is 6.03. The zero-order valence-corrected chi connectivity index (χ0v) is 11.3. The molecule has 0 bridgehead atoms. The van der Waals surface area contributed by atoms with Crippen LogP contribution in [-0.4, -0.2) is 16.5 Å². The Balaban J connectivity index is 2.48. The van der Waals surface area contributed by atoms with Crippen molar-refractivity contribution in [1.82, 2.24) is 0 Å². The summed E-state index contributed by atoms with van der Waals surface area (Å²) < 4.78 is 30.5. The summed E-state index contributed by atoms with van der Waals surface area (Å²) in [5, 5.41) is 0.122. The molecule has 1 unspecified atom stereocenters. The number of benzene rings is 1. The molecule has 0 saturated heterocycles. The number of rotatable bonds is 3. The minimum Gasteiger partial charge on any atom is -0.244 e. The van der Waals surface area contributed by atoms with Crippen LogP contribution in [0.15, 0.2) is 27.5 Å². The monoisotopic (exact) mass is 255 g/mol. The summed E-state index contributed by atoms with van der Waals surface area (Å²) in [6.07, 6.45) is 1.87. The van der Waals surface area contributed by atoms with Crippen molar-refractivity contribution in [1.29, 1.82) is 0 Å². The van der Waals surface area contributed by atoms with Crippen LogP contribution in [0.2, 0.25) is 0 Å². The van der Waals surface area contributed by atoms with E-state index in [1.807, 2.05) is 13.8 Å². The third kappa shape index (κ3) is 2.23. The maximum absolute atomic E-state index is 13.9. The first-order valence-corrected chi connectivity index (χ1v) is 7.50. The second kappa shape index (κ2) is 4.41. The van der Waals surface area contributed by atoms with E-state index < -0.39 is 9.73 Å². The Morgan fingerprint density at radius 1 is 1.41 bits per heavy atom. The van der Waals surface area contributed by atoms with Crippen LogP contribution in [0, 0.1) is 5.82 Å². The average Bonchev–Trinajstić information content (AvgIpc) is 3.11. The molecule has 1 fully saturated rings. The molecule has 0 N–H and O–H groups in total. The highest BCUT2D eigenvalue weighted by molar-refractivity contribution is 7.94. The van der Waals surface area contributed by atoms with Crippen LogP contribution in [0.5, 0.6) is 0 Å². The van der Waals surface area contributed by atoms with E-state index in [1.165, 1.54) is 6.07 Å². The van der Waals surface area contributed by atoms with Crippen molar-refractivity contribution in [2.75, 3.05) is 7.05 Å². The second-order valence-electron chi connectivity index (χ2n) is 4.79. The molecule has 1 aliphatic rings. The number of hydrogen-bond donors (Lipinski definition) is 0. The largest absolute Gasteiger partial charge is 0.244 e. The summed E-state index contributed by atoms with van der Waals surface area (Å²) in [6.45, 7) is 3.89. The molecule has 1 aromatic carbocycles. The van der Waals surface area contributed by atoms with Gasteiger partial charge in [-0.3, -0.25) is 0 Å². The fourth-order valence-corrected chi connectivity index (χ4v) is 4.20. The van der Waals surface area contributed by atoms with Crippen LogP contribution < -0.4 is 0 Å². The Morgan fingerprint density at radius 3 is 2.47 bits per heavy atom. The SMILES string of the molecule is CN=S(=O)(c1ccc(C(C)C)c(F)c1)C1CC1. The Morgan fingerprint density at radius 2 is 2.06 bits per heavy atom.